The van der Waals surface area contributed by atoms with E-state index in [1.807, 2.05) is 19.2 Å². The largest absolute Gasteiger partial charge is 0.316 e. The maximum Gasteiger partial charge on any atom is 0.248 e. The molecule has 5 heteroatoms. The van der Waals surface area contributed by atoms with E-state index in [0.717, 1.165) is 10.8 Å². The van der Waals surface area contributed by atoms with Gasteiger partial charge in [0.25, 0.3) is 0 Å². The van der Waals surface area contributed by atoms with Crippen LogP contribution in [-0.4, -0.2) is 19.0 Å². The summed E-state index contributed by atoms with van der Waals surface area (Å²) < 4.78 is 27.1. The highest BCUT2D eigenvalue weighted by Crippen LogP contribution is 2.38. The Kier molecular flexibility index (Phi) is 4.62. The van der Waals surface area contributed by atoms with Gasteiger partial charge in [-0.15, -0.1) is 11.3 Å². The summed E-state index contributed by atoms with van der Waals surface area (Å²) in [7, 11) is 1.91. The zero-order chi connectivity index (χ0) is 13.2. The van der Waals surface area contributed by atoms with Crippen LogP contribution in [0.3, 0.4) is 0 Å². The van der Waals surface area contributed by atoms with Crippen molar-refractivity contribution < 1.29 is 8.78 Å². The lowest BCUT2D eigenvalue weighted by Crippen LogP contribution is -2.39. The summed E-state index contributed by atoms with van der Waals surface area (Å²) in [6.45, 7) is 0. The van der Waals surface area contributed by atoms with E-state index in [2.05, 4.69) is 5.32 Å². The van der Waals surface area contributed by atoms with E-state index < -0.39 is 5.92 Å². The summed E-state index contributed by atoms with van der Waals surface area (Å²) in [5, 5.41) is 3.28. The van der Waals surface area contributed by atoms with Gasteiger partial charge in [-0.25, -0.2) is 8.78 Å². The average Bonchev–Trinajstić information content (AvgIpc) is 2.72. The van der Waals surface area contributed by atoms with Crippen molar-refractivity contribution >= 4 is 22.9 Å². The zero-order valence-electron chi connectivity index (χ0n) is 10.4. The van der Waals surface area contributed by atoms with Crippen LogP contribution >= 0.6 is 22.9 Å². The lowest BCUT2D eigenvalue weighted by molar-refractivity contribution is -0.0492. The highest BCUT2D eigenvalue weighted by Gasteiger charge is 2.37. The van der Waals surface area contributed by atoms with Crippen molar-refractivity contribution in [1.29, 1.82) is 0 Å². The van der Waals surface area contributed by atoms with Crippen molar-refractivity contribution in [3.8, 4) is 0 Å². The topological polar surface area (TPSA) is 12.0 Å². The predicted molar refractivity (Wildman–Crippen MR) is 72.8 cm³/mol. The second-order valence-corrected chi connectivity index (χ2v) is 6.80. The molecule has 1 aliphatic rings. The molecule has 1 unspecified atom stereocenters. The molecule has 0 bridgehead atoms. The number of halogens is 3. The molecule has 2 rings (SSSR count). The van der Waals surface area contributed by atoms with Gasteiger partial charge in [-0.2, -0.15) is 0 Å². The van der Waals surface area contributed by atoms with E-state index in [1.165, 1.54) is 4.88 Å². The summed E-state index contributed by atoms with van der Waals surface area (Å²) in [5.41, 5.74) is 0. The molecular weight excluding hydrogens is 276 g/mol. The summed E-state index contributed by atoms with van der Waals surface area (Å²) in [6.07, 6.45) is 2.15. The minimum atomic E-state index is -2.44. The van der Waals surface area contributed by atoms with Gasteiger partial charge in [0.05, 0.1) is 4.34 Å². The fourth-order valence-corrected chi connectivity index (χ4v) is 3.79. The van der Waals surface area contributed by atoms with Crippen LogP contribution in [0.2, 0.25) is 4.34 Å². The molecule has 1 heterocycles. The zero-order valence-corrected chi connectivity index (χ0v) is 12.0. The molecule has 1 aliphatic carbocycles. The van der Waals surface area contributed by atoms with E-state index in [4.69, 9.17) is 11.6 Å². The SMILES string of the molecule is CNC(Cc1ccc(Cl)s1)C1CCC(F)(F)CC1. The number of alkyl halides is 2. The van der Waals surface area contributed by atoms with Gasteiger partial charge < -0.3 is 5.32 Å². The number of hydrogen-bond donors (Lipinski definition) is 1. The molecule has 1 aromatic heterocycles. The molecule has 1 atom stereocenters. The van der Waals surface area contributed by atoms with E-state index in [-0.39, 0.29) is 18.9 Å². The smallest absolute Gasteiger partial charge is 0.248 e. The van der Waals surface area contributed by atoms with Crippen LogP contribution in [0.4, 0.5) is 8.78 Å². The molecule has 0 amide bonds. The number of likely N-dealkylation sites (N-methyl/N-ethyl adjacent to an activating group) is 1. The monoisotopic (exact) mass is 293 g/mol. The lowest BCUT2D eigenvalue weighted by atomic mass is 9.81. The Balaban J connectivity index is 1.93. The quantitative estimate of drug-likeness (QED) is 0.870. The summed E-state index contributed by atoms with van der Waals surface area (Å²) in [6, 6.07) is 4.19. The van der Waals surface area contributed by atoms with Crippen LogP contribution in [0.5, 0.6) is 0 Å². The number of nitrogens with one attached hydrogen (secondary N) is 1. The first kappa shape index (κ1) is 14.2. The van der Waals surface area contributed by atoms with Crippen LogP contribution in [0.1, 0.15) is 30.6 Å². The first-order valence-electron chi connectivity index (χ1n) is 6.29. The Hall–Kier alpha value is -0.190. The van der Waals surface area contributed by atoms with Crippen LogP contribution in [0, 0.1) is 5.92 Å². The number of hydrogen-bond acceptors (Lipinski definition) is 2. The van der Waals surface area contributed by atoms with Gasteiger partial charge in [0.2, 0.25) is 5.92 Å². The standard InChI is InChI=1S/C13H18ClF2NS/c1-17-11(8-10-2-3-12(14)18-10)9-4-6-13(15,16)7-5-9/h2-3,9,11,17H,4-8H2,1H3. The molecular formula is C13H18ClF2NS. The molecule has 0 spiro atoms. The second-order valence-electron chi connectivity index (χ2n) is 5.00. The Morgan fingerprint density at radius 2 is 2.11 bits per heavy atom. The maximum absolute atomic E-state index is 13.1. The predicted octanol–water partition coefficient (Wildman–Crippen LogP) is 4.36. The minimum Gasteiger partial charge on any atom is -0.316 e. The van der Waals surface area contributed by atoms with Gasteiger partial charge >= 0.3 is 0 Å². The molecule has 0 aliphatic heterocycles. The summed E-state index contributed by atoms with van der Waals surface area (Å²) >= 11 is 7.48. The first-order valence-corrected chi connectivity index (χ1v) is 7.49. The van der Waals surface area contributed by atoms with Gasteiger partial charge in [0, 0.05) is 23.8 Å². The Bertz CT molecular complexity index is 384. The maximum atomic E-state index is 13.1. The molecule has 0 saturated heterocycles. The van der Waals surface area contributed by atoms with Crippen molar-refractivity contribution in [2.24, 2.45) is 5.92 Å². The Morgan fingerprint density at radius 3 is 2.61 bits per heavy atom. The molecule has 1 N–H and O–H groups in total. The molecule has 1 fully saturated rings. The van der Waals surface area contributed by atoms with Crippen molar-refractivity contribution in [3.63, 3.8) is 0 Å². The molecule has 1 nitrogen and oxygen atoms in total. The fraction of sp³-hybridized carbons (Fsp3) is 0.692. The van der Waals surface area contributed by atoms with Crippen molar-refractivity contribution in [1.82, 2.24) is 5.32 Å². The molecule has 102 valence electrons. The Morgan fingerprint density at radius 1 is 1.44 bits per heavy atom. The van der Waals surface area contributed by atoms with Crippen LogP contribution in [0.15, 0.2) is 12.1 Å². The minimum absolute atomic E-state index is 0.0288. The fourth-order valence-electron chi connectivity index (χ4n) is 2.65. The average molecular weight is 294 g/mol. The Labute approximate surface area is 116 Å². The van der Waals surface area contributed by atoms with Crippen molar-refractivity contribution in [2.75, 3.05) is 7.05 Å². The van der Waals surface area contributed by atoms with E-state index in [0.29, 0.717) is 18.8 Å². The van der Waals surface area contributed by atoms with Gasteiger partial charge in [0.1, 0.15) is 0 Å². The van der Waals surface area contributed by atoms with Gasteiger partial charge in [0.15, 0.2) is 0 Å². The van der Waals surface area contributed by atoms with Crippen molar-refractivity contribution in [2.45, 2.75) is 44.1 Å². The van der Waals surface area contributed by atoms with E-state index >= 15 is 0 Å². The van der Waals surface area contributed by atoms with Crippen LogP contribution in [0.25, 0.3) is 0 Å². The third kappa shape index (κ3) is 3.65. The number of rotatable bonds is 4. The van der Waals surface area contributed by atoms with E-state index in [9.17, 15) is 8.78 Å². The number of thiophene rings is 1. The van der Waals surface area contributed by atoms with Gasteiger partial charge in [-0.3, -0.25) is 0 Å². The lowest BCUT2D eigenvalue weighted by Gasteiger charge is -2.33. The van der Waals surface area contributed by atoms with Crippen LogP contribution in [-0.2, 0) is 6.42 Å². The second kappa shape index (κ2) is 5.85. The molecule has 0 aromatic carbocycles. The third-order valence-corrected chi connectivity index (χ3v) is 5.01. The normalized spacial score (nSPS) is 22.0. The summed E-state index contributed by atoms with van der Waals surface area (Å²) in [4.78, 5) is 1.22. The first-order chi connectivity index (χ1) is 8.50. The highest BCUT2D eigenvalue weighted by atomic mass is 35.5. The third-order valence-electron chi connectivity index (χ3n) is 3.75. The molecule has 1 saturated carbocycles. The van der Waals surface area contributed by atoms with E-state index in [1.54, 1.807) is 11.3 Å². The molecule has 1 aromatic rings. The van der Waals surface area contributed by atoms with Crippen molar-refractivity contribution in [3.05, 3.63) is 21.3 Å². The van der Waals surface area contributed by atoms with Crippen LogP contribution < -0.4 is 5.32 Å². The summed E-state index contributed by atoms with van der Waals surface area (Å²) in [5.74, 6) is -2.10. The molecule has 18 heavy (non-hydrogen) atoms. The van der Waals surface area contributed by atoms with Gasteiger partial charge in [-0.05, 0) is 44.4 Å². The molecule has 0 radical (unpaired) electrons. The van der Waals surface area contributed by atoms with Gasteiger partial charge in [-0.1, -0.05) is 11.6 Å². The highest BCUT2D eigenvalue weighted by molar-refractivity contribution is 7.16.